The summed E-state index contributed by atoms with van der Waals surface area (Å²) >= 11 is 0. The zero-order valence-electron chi connectivity index (χ0n) is 12.9. The number of piperidine rings is 1. The fourth-order valence-electron chi connectivity index (χ4n) is 6.04. The molecule has 1 saturated heterocycles. The molecule has 0 aromatic rings. The Labute approximate surface area is 126 Å². The molecule has 4 heteroatoms. The molecule has 2 atom stereocenters. The van der Waals surface area contributed by atoms with E-state index < -0.39 is 0 Å². The number of hydrogen-bond donors (Lipinski definition) is 2. The molecular formula is C17H26N2O2. The first-order valence-electron chi connectivity index (χ1n) is 8.64. The maximum atomic E-state index is 12.0. The fourth-order valence-corrected chi connectivity index (χ4v) is 6.04. The highest BCUT2D eigenvalue weighted by atomic mass is 16.2. The molecule has 5 rings (SSSR count). The van der Waals surface area contributed by atoms with Crippen LogP contribution in [0.2, 0.25) is 0 Å². The standard InChI is InChI=1S/C17H26N2O2/c1-10(18-14-2-3-15(20)19-16(14)21)17-7-11-4-12(8-17)6-13(5-11)9-17/h10-14,18H,2-9H2,1H3,(H,19,20,21). The van der Waals surface area contributed by atoms with Gasteiger partial charge in [-0.3, -0.25) is 14.9 Å². The Kier molecular flexibility index (Phi) is 3.14. The monoisotopic (exact) mass is 290 g/mol. The van der Waals surface area contributed by atoms with Crippen LogP contribution in [0.4, 0.5) is 0 Å². The third-order valence-corrected chi connectivity index (χ3v) is 6.69. The fraction of sp³-hybridized carbons (Fsp3) is 0.882. The van der Waals surface area contributed by atoms with Crippen LogP contribution in [-0.2, 0) is 9.59 Å². The second-order valence-corrected chi connectivity index (χ2v) is 8.17. The molecule has 4 bridgehead atoms. The van der Waals surface area contributed by atoms with E-state index in [0.29, 0.717) is 24.3 Å². The van der Waals surface area contributed by atoms with Gasteiger partial charge in [-0.1, -0.05) is 0 Å². The van der Waals surface area contributed by atoms with Gasteiger partial charge >= 0.3 is 0 Å². The van der Waals surface area contributed by atoms with Crippen molar-refractivity contribution in [3.8, 4) is 0 Å². The van der Waals surface area contributed by atoms with Crippen LogP contribution >= 0.6 is 0 Å². The number of hydrogen-bond acceptors (Lipinski definition) is 3. The normalized spacial score (nSPS) is 46.5. The molecule has 2 unspecified atom stereocenters. The van der Waals surface area contributed by atoms with E-state index in [1.165, 1.54) is 38.5 Å². The Morgan fingerprint density at radius 1 is 1.10 bits per heavy atom. The molecule has 1 heterocycles. The zero-order valence-corrected chi connectivity index (χ0v) is 12.9. The Balaban J connectivity index is 1.46. The second kappa shape index (κ2) is 4.80. The number of amides is 2. The first-order chi connectivity index (χ1) is 10.0. The predicted molar refractivity (Wildman–Crippen MR) is 79.4 cm³/mol. The summed E-state index contributed by atoms with van der Waals surface area (Å²) < 4.78 is 0. The molecule has 0 spiro atoms. The molecular weight excluding hydrogens is 264 g/mol. The lowest BCUT2D eigenvalue weighted by atomic mass is 9.48. The van der Waals surface area contributed by atoms with E-state index in [4.69, 9.17) is 0 Å². The van der Waals surface area contributed by atoms with Gasteiger partial charge in [0.15, 0.2) is 0 Å². The van der Waals surface area contributed by atoms with Gasteiger partial charge in [-0.25, -0.2) is 0 Å². The SMILES string of the molecule is CC(NC1CCC(=O)NC1=O)C12CC3CC(CC(C3)C1)C2. The Bertz CT molecular complexity index is 438. The molecule has 4 saturated carbocycles. The average molecular weight is 290 g/mol. The lowest BCUT2D eigenvalue weighted by molar-refractivity contribution is -0.135. The van der Waals surface area contributed by atoms with Crippen LogP contribution in [-0.4, -0.2) is 23.9 Å². The van der Waals surface area contributed by atoms with E-state index in [2.05, 4.69) is 17.6 Å². The van der Waals surface area contributed by atoms with Crippen LogP contribution in [0.1, 0.15) is 58.3 Å². The molecule has 2 amide bonds. The predicted octanol–water partition coefficient (Wildman–Crippen LogP) is 1.99. The van der Waals surface area contributed by atoms with Crippen molar-refractivity contribution in [2.45, 2.75) is 70.4 Å². The van der Waals surface area contributed by atoms with Crippen LogP contribution in [0.3, 0.4) is 0 Å². The third kappa shape index (κ3) is 2.32. The van der Waals surface area contributed by atoms with Crippen molar-refractivity contribution in [3.05, 3.63) is 0 Å². The molecule has 2 N–H and O–H groups in total. The highest BCUT2D eigenvalue weighted by Gasteiger charge is 2.53. The van der Waals surface area contributed by atoms with Crippen molar-refractivity contribution >= 4 is 11.8 Å². The van der Waals surface area contributed by atoms with Crippen molar-refractivity contribution in [1.82, 2.24) is 10.6 Å². The quantitative estimate of drug-likeness (QED) is 0.782. The lowest BCUT2D eigenvalue weighted by Gasteiger charge is -2.59. The van der Waals surface area contributed by atoms with Crippen LogP contribution in [0.15, 0.2) is 0 Å². The van der Waals surface area contributed by atoms with E-state index in [-0.39, 0.29) is 17.9 Å². The molecule has 4 nitrogen and oxygen atoms in total. The second-order valence-electron chi connectivity index (χ2n) is 8.17. The Morgan fingerprint density at radius 3 is 2.19 bits per heavy atom. The molecule has 4 aliphatic carbocycles. The summed E-state index contributed by atoms with van der Waals surface area (Å²) in [5.41, 5.74) is 0.413. The van der Waals surface area contributed by atoms with Crippen LogP contribution < -0.4 is 10.6 Å². The maximum absolute atomic E-state index is 12.0. The largest absolute Gasteiger partial charge is 0.303 e. The Hall–Kier alpha value is -0.900. The highest BCUT2D eigenvalue weighted by molar-refractivity contribution is 6.00. The minimum atomic E-state index is -0.175. The van der Waals surface area contributed by atoms with Gasteiger partial charge in [-0.2, -0.15) is 0 Å². The summed E-state index contributed by atoms with van der Waals surface area (Å²) in [4.78, 5) is 23.2. The van der Waals surface area contributed by atoms with Gasteiger partial charge in [0.25, 0.3) is 0 Å². The number of rotatable bonds is 3. The number of carbonyl (C=O) groups excluding carboxylic acids is 2. The summed E-state index contributed by atoms with van der Waals surface area (Å²) in [6.45, 7) is 2.27. The van der Waals surface area contributed by atoms with Gasteiger partial charge in [0, 0.05) is 12.5 Å². The van der Waals surface area contributed by atoms with Crippen molar-refractivity contribution in [3.63, 3.8) is 0 Å². The first kappa shape index (κ1) is 13.7. The minimum Gasteiger partial charge on any atom is -0.303 e. The van der Waals surface area contributed by atoms with Crippen LogP contribution in [0.25, 0.3) is 0 Å². The molecule has 21 heavy (non-hydrogen) atoms. The van der Waals surface area contributed by atoms with Gasteiger partial charge in [-0.15, -0.1) is 0 Å². The first-order valence-corrected chi connectivity index (χ1v) is 8.64. The van der Waals surface area contributed by atoms with Gasteiger partial charge in [0.05, 0.1) is 6.04 Å². The molecule has 0 radical (unpaired) electrons. The summed E-state index contributed by atoms with van der Waals surface area (Å²) in [5.74, 6) is 2.55. The maximum Gasteiger partial charge on any atom is 0.243 e. The van der Waals surface area contributed by atoms with E-state index in [0.717, 1.165) is 17.8 Å². The average Bonchev–Trinajstić information content (AvgIpc) is 2.40. The summed E-state index contributed by atoms with van der Waals surface area (Å²) in [6, 6.07) is 0.209. The van der Waals surface area contributed by atoms with Crippen LogP contribution in [0.5, 0.6) is 0 Å². The summed E-state index contributed by atoms with van der Waals surface area (Å²) in [6.07, 6.45) is 9.51. The molecule has 5 aliphatic rings. The summed E-state index contributed by atoms with van der Waals surface area (Å²) in [5, 5.41) is 6.05. The Morgan fingerprint density at radius 2 is 1.67 bits per heavy atom. The molecule has 0 aromatic heterocycles. The molecule has 0 aromatic carbocycles. The van der Waals surface area contributed by atoms with Gasteiger partial charge in [0.2, 0.25) is 11.8 Å². The van der Waals surface area contributed by atoms with Crippen molar-refractivity contribution < 1.29 is 9.59 Å². The van der Waals surface area contributed by atoms with E-state index in [1.807, 2.05) is 0 Å². The van der Waals surface area contributed by atoms with E-state index >= 15 is 0 Å². The van der Waals surface area contributed by atoms with Gasteiger partial charge in [-0.05, 0) is 75.0 Å². The summed E-state index contributed by atoms with van der Waals surface area (Å²) in [7, 11) is 0. The topological polar surface area (TPSA) is 58.2 Å². The number of nitrogens with one attached hydrogen (secondary N) is 2. The smallest absolute Gasteiger partial charge is 0.243 e. The molecule has 116 valence electrons. The van der Waals surface area contributed by atoms with E-state index in [9.17, 15) is 9.59 Å². The zero-order chi connectivity index (χ0) is 14.6. The molecule has 5 fully saturated rings. The van der Waals surface area contributed by atoms with E-state index in [1.54, 1.807) is 0 Å². The van der Waals surface area contributed by atoms with Gasteiger partial charge < -0.3 is 5.32 Å². The number of carbonyl (C=O) groups is 2. The van der Waals surface area contributed by atoms with Crippen molar-refractivity contribution in [2.75, 3.05) is 0 Å². The number of imide groups is 1. The van der Waals surface area contributed by atoms with Gasteiger partial charge in [0.1, 0.15) is 0 Å². The van der Waals surface area contributed by atoms with Crippen molar-refractivity contribution in [2.24, 2.45) is 23.2 Å². The minimum absolute atomic E-state index is 0.122. The molecule has 1 aliphatic heterocycles. The highest BCUT2D eigenvalue weighted by Crippen LogP contribution is 2.61. The lowest BCUT2D eigenvalue weighted by Crippen LogP contribution is -2.60. The third-order valence-electron chi connectivity index (χ3n) is 6.69. The van der Waals surface area contributed by atoms with Crippen LogP contribution in [0, 0.1) is 23.2 Å². The van der Waals surface area contributed by atoms with Crippen molar-refractivity contribution in [1.29, 1.82) is 0 Å².